The van der Waals surface area contributed by atoms with Gasteiger partial charge in [-0.3, -0.25) is 9.59 Å². The lowest BCUT2D eigenvalue weighted by atomic mass is 10.2. The van der Waals surface area contributed by atoms with Crippen LogP contribution in [0.4, 0.5) is 11.4 Å². The number of rotatable bonds is 7. The number of aliphatic hydroxyl groups excluding tert-OH is 1. The van der Waals surface area contributed by atoms with Crippen molar-refractivity contribution in [2.45, 2.75) is 0 Å². The van der Waals surface area contributed by atoms with Crippen LogP contribution in [0.3, 0.4) is 0 Å². The Kier molecular flexibility index (Phi) is 6.48. The zero-order chi connectivity index (χ0) is 21.7. The molecule has 2 aromatic rings. The number of benzene rings is 2. The average Bonchev–Trinajstić information content (AvgIpc) is 3.09. The quantitative estimate of drug-likeness (QED) is 0.675. The van der Waals surface area contributed by atoms with Crippen molar-refractivity contribution in [3.63, 3.8) is 0 Å². The van der Waals surface area contributed by atoms with Gasteiger partial charge in [0.05, 0.1) is 25.8 Å². The van der Waals surface area contributed by atoms with Gasteiger partial charge in [0.25, 0.3) is 11.8 Å². The van der Waals surface area contributed by atoms with Gasteiger partial charge in [0.1, 0.15) is 5.70 Å². The number of amides is 2. The van der Waals surface area contributed by atoms with E-state index in [0.717, 1.165) is 0 Å². The van der Waals surface area contributed by atoms with Gasteiger partial charge < -0.3 is 25.0 Å². The predicted octanol–water partition coefficient (Wildman–Crippen LogP) is 1.64. The number of nitrogens with one attached hydrogen (secondary N) is 1. The summed E-state index contributed by atoms with van der Waals surface area (Å²) in [5.74, 6) is -1.13. The highest BCUT2D eigenvalue weighted by Crippen LogP contribution is 2.24. The molecule has 8 heteroatoms. The van der Waals surface area contributed by atoms with Crippen LogP contribution >= 0.6 is 0 Å². The highest BCUT2D eigenvalue weighted by atomic mass is 16.5. The van der Waals surface area contributed by atoms with E-state index in [1.54, 1.807) is 55.6 Å². The molecule has 0 spiro atoms. The van der Waals surface area contributed by atoms with Crippen LogP contribution in [-0.2, 0) is 14.3 Å². The third kappa shape index (κ3) is 4.33. The number of hydrogen-bond donors (Lipinski definition) is 2. The zero-order valence-electron chi connectivity index (χ0n) is 16.8. The monoisotopic (exact) mass is 409 g/mol. The molecular weight excluding hydrogens is 386 g/mol. The van der Waals surface area contributed by atoms with E-state index in [4.69, 9.17) is 9.84 Å². The van der Waals surface area contributed by atoms with E-state index >= 15 is 0 Å². The Bertz CT molecular complexity index is 970. The number of carbonyl (C=O) groups excluding carboxylic acids is 3. The molecule has 0 aliphatic carbocycles. The van der Waals surface area contributed by atoms with Gasteiger partial charge in [-0.2, -0.15) is 0 Å². The topological polar surface area (TPSA) is 99.2 Å². The van der Waals surface area contributed by atoms with Crippen LogP contribution in [0.15, 0.2) is 65.9 Å². The number of carbonyl (C=O) groups is 3. The van der Waals surface area contributed by atoms with Crippen LogP contribution in [0, 0.1) is 0 Å². The summed E-state index contributed by atoms with van der Waals surface area (Å²) in [6.45, 7) is -0.0133. The summed E-state index contributed by atoms with van der Waals surface area (Å²) in [5, 5.41) is 12.1. The summed E-state index contributed by atoms with van der Waals surface area (Å²) in [7, 11) is 2.93. The Balaban J connectivity index is 1.78. The van der Waals surface area contributed by atoms with Crippen molar-refractivity contribution in [2.24, 2.45) is 0 Å². The van der Waals surface area contributed by atoms with Gasteiger partial charge in [-0.25, -0.2) is 4.79 Å². The maximum Gasteiger partial charge on any atom is 0.337 e. The summed E-state index contributed by atoms with van der Waals surface area (Å²) in [4.78, 5) is 40.1. The molecule has 0 bridgehead atoms. The molecule has 0 aromatic heterocycles. The number of ether oxygens (including phenoxy) is 1. The zero-order valence-corrected chi connectivity index (χ0v) is 16.8. The van der Waals surface area contributed by atoms with Crippen LogP contribution in [0.5, 0.6) is 0 Å². The first-order valence-corrected chi connectivity index (χ1v) is 9.38. The SMILES string of the molecule is COC(=O)C1=C(Nc2ccc(N(C)C(=O)c3ccccc3)cc2)C(=O)N(CCO)C1. The van der Waals surface area contributed by atoms with Gasteiger partial charge in [0.2, 0.25) is 0 Å². The fraction of sp³-hybridized carbons (Fsp3) is 0.227. The van der Waals surface area contributed by atoms with E-state index in [1.807, 2.05) is 6.07 Å². The molecule has 8 nitrogen and oxygen atoms in total. The van der Waals surface area contributed by atoms with E-state index in [2.05, 4.69) is 5.32 Å². The lowest BCUT2D eigenvalue weighted by molar-refractivity contribution is -0.136. The van der Waals surface area contributed by atoms with Gasteiger partial charge >= 0.3 is 5.97 Å². The normalized spacial score (nSPS) is 13.4. The van der Waals surface area contributed by atoms with Crippen molar-refractivity contribution < 1.29 is 24.2 Å². The first kappa shape index (κ1) is 21.1. The Hall–Kier alpha value is -3.65. The average molecular weight is 409 g/mol. The minimum absolute atomic E-state index is 0.0702. The molecule has 1 aliphatic heterocycles. The van der Waals surface area contributed by atoms with Crippen molar-refractivity contribution in [2.75, 3.05) is 44.1 Å². The molecule has 3 rings (SSSR count). The van der Waals surface area contributed by atoms with Crippen LogP contribution in [-0.4, -0.2) is 61.6 Å². The molecule has 2 N–H and O–H groups in total. The Labute approximate surface area is 174 Å². The highest BCUT2D eigenvalue weighted by Gasteiger charge is 2.34. The van der Waals surface area contributed by atoms with Gasteiger partial charge in [0.15, 0.2) is 0 Å². The number of methoxy groups -OCH3 is 1. The minimum Gasteiger partial charge on any atom is -0.466 e. The van der Waals surface area contributed by atoms with Crippen LogP contribution in [0.1, 0.15) is 10.4 Å². The van der Waals surface area contributed by atoms with E-state index in [0.29, 0.717) is 16.9 Å². The van der Waals surface area contributed by atoms with Gasteiger partial charge in [-0.15, -0.1) is 0 Å². The summed E-state index contributed by atoms with van der Waals surface area (Å²) in [5.41, 5.74) is 2.16. The second-order valence-corrected chi connectivity index (χ2v) is 6.70. The number of aliphatic hydroxyl groups is 1. The number of hydrogen-bond acceptors (Lipinski definition) is 6. The molecule has 0 saturated carbocycles. The maximum absolute atomic E-state index is 12.6. The van der Waals surface area contributed by atoms with Crippen LogP contribution in [0.25, 0.3) is 0 Å². The number of nitrogens with zero attached hydrogens (tertiary/aromatic N) is 2. The molecule has 30 heavy (non-hydrogen) atoms. The highest BCUT2D eigenvalue weighted by molar-refractivity contribution is 6.09. The molecule has 2 amide bonds. The van der Waals surface area contributed by atoms with E-state index in [1.165, 1.54) is 16.9 Å². The third-order valence-electron chi connectivity index (χ3n) is 4.80. The first-order chi connectivity index (χ1) is 14.5. The van der Waals surface area contributed by atoms with E-state index in [-0.39, 0.29) is 42.8 Å². The largest absolute Gasteiger partial charge is 0.466 e. The van der Waals surface area contributed by atoms with Crippen molar-refractivity contribution in [3.8, 4) is 0 Å². The Morgan fingerprint density at radius 3 is 2.40 bits per heavy atom. The number of anilines is 2. The summed E-state index contributed by atoms with van der Waals surface area (Å²) in [6, 6.07) is 15.9. The van der Waals surface area contributed by atoms with Gasteiger partial charge in [-0.1, -0.05) is 18.2 Å². The third-order valence-corrected chi connectivity index (χ3v) is 4.80. The molecule has 0 radical (unpaired) electrons. The minimum atomic E-state index is -0.601. The summed E-state index contributed by atoms with van der Waals surface area (Å²) >= 11 is 0. The van der Waals surface area contributed by atoms with Gasteiger partial charge in [-0.05, 0) is 36.4 Å². The molecule has 1 heterocycles. The second kappa shape index (κ2) is 9.23. The molecule has 1 aliphatic rings. The number of β-amino-alcohol motifs (C(OH)–C–C–N with tert-alkyl or cyclic N) is 1. The van der Waals surface area contributed by atoms with Crippen LogP contribution in [0.2, 0.25) is 0 Å². The molecule has 0 fully saturated rings. The lowest BCUT2D eigenvalue weighted by Gasteiger charge is -2.18. The lowest BCUT2D eigenvalue weighted by Crippen LogP contribution is -2.31. The molecule has 0 saturated heterocycles. The summed E-state index contributed by atoms with van der Waals surface area (Å²) in [6.07, 6.45) is 0. The second-order valence-electron chi connectivity index (χ2n) is 6.70. The Morgan fingerprint density at radius 2 is 1.80 bits per heavy atom. The van der Waals surface area contributed by atoms with Crippen molar-refractivity contribution in [3.05, 3.63) is 71.4 Å². The Morgan fingerprint density at radius 1 is 1.13 bits per heavy atom. The molecule has 2 aromatic carbocycles. The standard InChI is InChI=1S/C22H23N3O5/c1-24(20(27)15-6-4-3-5-7-15)17-10-8-16(9-11-17)23-19-18(22(29)30-2)14-25(12-13-26)21(19)28/h3-11,23,26H,12-14H2,1-2H3. The van der Waals surface area contributed by atoms with E-state index < -0.39 is 5.97 Å². The molecule has 0 unspecified atom stereocenters. The van der Waals surface area contributed by atoms with E-state index in [9.17, 15) is 14.4 Å². The first-order valence-electron chi connectivity index (χ1n) is 9.38. The maximum atomic E-state index is 12.6. The van der Waals surface area contributed by atoms with Crippen molar-refractivity contribution >= 4 is 29.2 Å². The fourth-order valence-electron chi connectivity index (χ4n) is 3.15. The van der Waals surface area contributed by atoms with Crippen LogP contribution < -0.4 is 10.2 Å². The van der Waals surface area contributed by atoms with Gasteiger partial charge in [0, 0.05) is 30.5 Å². The van der Waals surface area contributed by atoms with Crippen molar-refractivity contribution in [1.29, 1.82) is 0 Å². The molecular formula is C22H23N3O5. The molecule has 0 atom stereocenters. The van der Waals surface area contributed by atoms with Crippen molar-refractivity contribution in [1.82, 2.24) is 4.90 Å². The predicted molar refractivity (Wildman–Crippen MR) is 112 cm³/mol. The number of esters is 1. The molecule has 156 valence electrons. The smallest absolute Gasteiger partial charge is 0.337 e. The summed E-state index contributed by atoms with van der Waals surface area (Å²) < 4.78 is 4.77. The fourth-order valence-corrected chi connectivity index (χ4v) is 3.15.